The van der Waals surface area contributed by atoms with Crippen LogP contribution < -0.4 is 4.74 Å². The van der Waals surface area contributed by atoms with Gasteiger partial charge in [0.05, 0.1) is 12.6 Å². The Morgan fingerprint density at radius 2 is 2.00 bits per heavy atom. The Kier molecular flexibility index (Phi) is 2.16. The molecule has 1 heterocycles. The molecule has 0 aliphatic heterocycles. The molecule has 0 saturated heterocycles. The van der Waals surface area contributed by atoms with Crippen LogP contribution in [0.1, 0.15) is 5.69 Å². The van der Waals surface area contributed by atoms with Gasteiger partial charge >= 0.3 is 0 Å². The molecule has 1 aromatic heterocycles. The number of fused-ring (bicyclic) bond motifs is 1. The summed E-state index contributed by atoms with van der Waals surface area (Å²) in [6.45, 7) is 2.06. The number of rotatable bonds is 1. The molecule has 0 amide bonds. The average Bonchev–Trinajstić information content (AvgIpc) is 2.43. The first-order valence-corrected chi connectivity index (χ1v) is 4.81. The molecule has 0 radical (unpaired) electrons. The molecule has 0 spiro atoms. The second-order valence-electron chi connectivity index (χ2n) is 3.39. The zero-order valence-electron chi connectivity index (χ0n) is 8.47. The quantitative estimate of drug-likeness (QED) is 0.704. The molecule has 2 nitrogen and oxygen atoms in total. The van der Waals surface area contributed by atoms with Crippen molar-refractivity contribution in [3.8, 4) is 5.75 Å². The van der Waals surface area contributed by atoms with Crippen molar-refractivity contribution >= 4 is 22.5 Å². The van der Waals surface area contributed by atoms with Gasteiger partial charge in [-0.2, -0.15) is 0 Å². The van der Waals surface area contributed by atoms with Gasteiger partial charge in [0, 0.05) is 23.2 Å². The van der Waals surface area contributed by atoms with Crippen molar-refractivity contribution in [3.63, 3.8) is 0 Å². The minimum absolute atomic E-state index is 0.704. The highest BCUT2D eigenvalue weighted by atomic mass is 35.5. The van der Waals surface area contributed by atoms with E-state index in [1.807, 2.05) is 19.2 Å². The van der Waals surface area contributed by atoms with E-state index in [4.69, 9.17) is 16.3 Å². The number of nitrogens with zero attached hydrogens (tertiary/aromatic N) is 1. The Balaban J connectivity index is 2.87. The molecule has 0 bridgehead atoms. The first-order chi connectivity index (χ1) is 6.63. The third-order valence-electron chi connectivity index (χ3n) is 2.55. The van der Waals surface area contributed by atoms with Gasteiger partial charge in [-0.3, -0.25) is 0 Å². The van der Waals surface area contributed by atoms with E-state index in [-0.39, 0.29) is 0 Å². The summed E-state index contributed by atoms with van der Waals surface area (Å²) in [7, 11) is 3.68. The summed E-state index contributed by atoms with van der Waals surface area (Å²) in [5, 5.41) is 1.81. The van der Waals surface area contributed by atoms with Gasteiger partial charge in [-0.25, -0.2) is 0 Å². The second-order valence-corrected chi connectivity index (χ2v) is 3.82. The molecular formula is C11H12ClNO. The molecule has 0 unspecified atom stereocenters. The van der Waals surface area contributed by atoms with Crippen LogP contribution in [0.2, 0.25) is 5.02 Å². The van der Waals surface area contributed by atoms with E-state index in [9.17, 15) is 0 Å². The Labute approximate surface area is 88.0 Å². The standard InChI is InChI=1S/C11H12ClNO/c1-7-4-9-10(13(7)2)5-8(12)6-11(9)14-3/h4-6H,1-3H3. The monoisotopic (exact) mass is 209 g/mol. The number of hydrogen-bond acceptors (Lipinski definition) is 1. The fourth-order valence-electron chi connectivity index (χ4n) is 1.67. The zero-order chi connectivity index (χ0) is 10.3. The molecule has 0 N–H and O–H groups in total. The van der Waals surface area contributed by atoms with Crippen molar-refractivity contribution in [1.29, 1.82) is 0 Å². The smallest absolute Gasteiger partial charge is 0.129 e. The van der Waals surface area contributed by atoms with Gasteiger partial charge in [-0.1, -0.05) is 11.6 Å². The van der Waals surface area contributed by atoms with Crippen molar-refractivity contribution in [1.82, 2.24) is 4.57 Å². The SMILES string of the molecule is COc1cc(Cl)cc2c1cc(C)n2C. The fraction of sp³-hybridized carbons (Fsp3) is 0.273. The predicted molar refractivity (Wildman–Crippen MR) is 59.2 cm³/mol. The summed E-state index contributed by atoms with van der Waals surface area (Å²) in [6.07, 6.45) is 0. The third kappa shape index (κ3) is 1.26. The van der Waals surface area contributed by atoms with Crippen LogP contribution in [0.4, 0.5) is 0 Å². The van der Waals surface area contributed by atoms with Gasteiger partial charge in [-0.15, -0.1) is 0 Å². The van der Waals surface area contributed by atoms with E-state index in [0.29, 0.717) is 5.02 Å². The van der Waals surface area contributed by atoms with Gasteiger partial charge in [0.15, 0.2) is 0 Å². The topological polar surface area (TPSA) is 14.2 Å². The van der Waals surface area contributed by atoms with Gasteiger partial charge in [0.1, 0.15) is 5.75 Å². The molecule has 74 valence electrons. The summed E-state index contributed by atoms with van der Waals surface area (Å²) in [5.74, 6) is 0.830. The minimum Gasteiger partial charge on any atom is -0.496 e. The van der Waals surface area contributed by atoms with Crippen LogP contribution in [0.25, 0.3) is 10.9 Å². The molecule has 1 aromatic carbocycles. The van der Waals surface area contributed by atoms with Crippen LogP contribution >= 0.6 is 11.6 Å². The molecular weight excluding hydrogens is 198 g/mol. The lowest BCUT2D eigenvalue weighted by Crippen LogP contribution is -1.90. The van der Waals surface area contributed by atoms with Crippen LogP contribution in [0.3, 0.4) is 0 Å². The molecule has 0 atom stereocenters. The summed E-state index contributed by atoms with van der Waals surface area (Å²) in [5.41, 5.74) is 2.30. The molecule has 0 aliphatic rings. The number of aryl methyl sites for hydroxylation is 2. The molecule has 2 rings (SSSR count). The average molecular weight is 210 g/mol. The summed E-state index contributed by atoms with van der Waals surface area (Å²) in [6, 6.07) is 5.89. The van der Waals surface area contributed by atoms with Crippen LogP contribution in [-0.4, -0.2) is 11.7 Å². The normalized spacial score (nSPS) is 10.9. The van der Waals surface area contributed by atoms with E-state index in [2.05, 4.69) is 17.6 Å². The Morgan fingerprint density at radius 1 is 1.29 bits per heavy atom. The molecule has 2 aromatic rings. The Hall–Kier alpha value is -1.15. The van der Waals surface area contributed by atoms with E-state index in [1.165, 1.54) is 5.69 Å². The molecule has 0 fully saturated rings. The Bertz CT molecular complexity index is 487. The van der Waals surface area contributed by atoms with E-state index in [1.54, 1.807) is 7.11 Å². The molecule has 0 saturated carbocycles. The lowest BCUT2D eigenvalue weighted by molar-refractivity contribution is 0.420. The van der Waals surface area contributed by atoms with E-state index < -0.39 is 0 Å². The summed E-state index contributed by atoms with van der Waals surface area (Å²) >= 11 is 5.99. The number of halogens is 1. The van der Waals surface area contributed by atoms with E-state index in [0.717, 1.165) is 16.7 Å². The number of benzene rings is 1. The summed E-state index contributed by atoms with van der Waals surface area (Å²) in [4.78, 5) is 0. The first-order valence-electron chi connectivity index (χ1n) is 4.43. The van der Waals surface area contributed by atoms with Crippen LogP contribution in [-0.2, 0) is 7.05 Å². The highest BCUT2D eigenvalue weighted by Gasteiger charge is 2.08. The fourth-order valence-corrected chi connectivity index (χ4v) is 1.87. The predicted octanol–water partition coefficient (Wildman–Crippen LogP) is 3.15. The van der Waals surface area contributed by atoms with Gasteiger partial charge in [0.25, 0.3) is 0 Å². The van der Waals surface area contributed by atoms with Gasteiger partial charge < -0.3 is 9.30 Å². The number of ether oxygens (including phenoxy) is 1. The first kappa shape index (κ1) is 9.41. The minimum atomic E-state index is 0.704. The lowest BCUT2D eigenvalue weighted by Gasteiger charge is -2.03. The number of aromatic nitrogens is 1. The maximum Gasteiger partial charge on any atom is 0.129 e. The van der Waals surface area contributed by atoms with E-state index >= 15 is 0 Å². The number of methoxy groups -OCH3 is 1. The molecule has 0 aliphatic carbocycles. The highest BCUT2D eigenvalue weighted by Crippen LogP contribution is 2.31. The van der Waals surface area contributed by atoms with Gasteiger partial charge in [0.2, 0.25) is 0 Å². The maximum absolute atomic E-state index is 5.99. The second kappa shape index (κ2) is 3.21. The van der Waals surface area contributed by atoms with Gasteiger partial charge in [-0.05, 0) is 25.1 Å². The van der Waals surface area contributed by atoms with Crippen molar-refractivity contribution in [2.45, 2.75) is 6.92 Å². The van der Waals surface area contributed by atoms with Crippen LogP contribution in [0.5, 0.6) is 5.75 Å². The van der Waals surface area contributed by atoms with Crippen molar-refractivity contribution in [2.75, 3.05) is 7.11 Å². The maximum atomic E-state index is 5.99. The largest absolute Gasteiger partial charge is 0.496 e. The Morgan fingerprint density at radius 3 is 2.64 bits per heavy atom. The van der Waals surface area contributed by atoms with Crippen LogP contribution in [0, 0.1) is 6.92 Å². The molecule has 3 heteroatoms. The third-order valence-corrected chi connectivity index (χ3v) is 2.77. The van der Waals surface area contributed by atoms with Crippen molar-refractivity contribution in [3.05, 3.63) is 28.9 Å². The zero-order valence-corrected chi connectivity index (χ0v) is 9.22. The van der Waals surface area contributed by atoms with Crippen molar-refractivity contribution < 1.29 is 4.74 Å². The lowest BCUT2D eigenvalue weighted by atomic mass is 10.2. The summed E-state index contributed by atoms with van der Waals surface area (Å²) < 4.78 is 7.38. The van der Waals surface area contributed by atoms with Crippen molar-refractivity contribution in [2.24, 2.45) is 7.05 Å². The van der Waals surface area contributed by atoms with Crippen LogP contribution in [0.15, 0.2) is 18.2 Å². The highest BCUT2D eigenvalue weighted by molar-refractivity contribution is 6.31. The number of hydrogen-bond donors (Lipinski definition) is 0. The molecule has 14 heavy (non-hydrogen) atoms.